The lowest BCUT2D eigenvalue weighted by Crippen LogP contribution is -2.33. The van der Waals surface area contributed by atoms with E-state index < -0.39 is 4.92 Å². The number of nitrogens with zero attached hydrogens (tertiary/aromatic N) is 3. The minimum Gasteiger partial charge on any atom is -0.490 e. The first kappa shape index (κ1) is 14.3. The molecule has 2 rings (SSSR count). The van der Waals surface area contributed by atoms with Crippen LogP contribution in [0.15, 0.2) is 12.1 Å². The van der Waals surface area contributed by atoms with Crippen molar-refractivity contribution >= 4 is 17.3 Å². The highest BCUT2D eigenvalue weighted by atomic mass is 16.6. The van der Waals surface area contributed by atoms with Crippen molar-refractivity contribution in [1.82, 2.24) is 4.90 Å². The fourth-order valence-corrected chi connectivity index (χ4v) is 2.24. The van der Waals surface area contributed by atoms with Crippen molar-refractivity contribution < 1.29 is 14.5 Å². The smallest absolute Gasteiger partial charge is 0.313 e. The van der Waals surface area contributed by atoms with Crippen molar-refractivity contribution in [2.45, 2.75) is 6.42 Å². The van der Waals surface area contributed by atoms with Crippen LogP contribution in [0.5, 0.6) is 5.75 Å². The average molecular weight is 279 g/mol. The topological polar surface area (TPSA) is 75.9 Å². The molecule has 1 aromatic carbocycles. The molecule has 0 unspecified atom stereocenters. The number of likely N-dealkylation sites (N-methyl/N-ethyl adjacent to an activating group) is 1. The first-order valence-electron chi connectivity index (χ1n) is 6.24. The lowest BCUT2D eigenvalue weighted by atomic mass is 10.1. The second-order valence-electron chi connectivity index (χ2n) is 4.94. The number of rotatable bonds is 5. The molecule has 7 nitrogen and oxygen atoms in total. The number of fused-ring (bicyclic) bond motifs is 1. The summed E-state index contributed by atoms with van der Waals surface area (Å²) in [5, 5.41) is 11.0. The number of benzene rings is 1. The Balaban J connectivity index is 2.38. The van der Waals surface area contributed by atoms with Crippen molar-refractivity contribution in [3.05, 3.63) is 27.8 Å². The molecule has 1 heterocycles. The van der Waals surface area contributed by atoms with Crippen LogP contribution >= 0.6 is 0 Å². The maximum atomic E-state index is 12.0. The van der Waals surface area contributed by atoms with Crippen LogP contribution in [0.25, 0.3) is 0 Å². The predicted molar refractivity (Wildman–Crippen MR) is 74.3 cm³/mol. The Morgan fingerprint density at radius 2 is 2.15 bits per heavy atom. The van der Waals surface area contributed by atoms with Gasteiger partial charge in [-0.25, -0.2) is 0 Å². The molecule has 1 aromatic rings. The minimum absolute atomic E-state index is 0.0376. The summed E-state index contributed by atoms with van der Waals surface area (Å²) in [6, 6.07) is 3.01. The number of hydrogen-bond acceptors (Lipinski definition) is 5. The molecule has 0 radical (unpaired) electrons. The number of nitro benzene ring substituents is 1. The summed E-state index contributed by atoms with van der Waals surface area (Å²) in [5.41, 5.74) is 1.27. The molecule has 108 valence electrons. The van der Waals surface area contributed by atoms with Crippen molar-refractivity contribution in [2.24, 2.45) is 0 Å². The van der Waals surface area contributed by atoms with Gasteiger partial charge in [0, 0.05) is 19.2 Å². The number of hydrogen-bond donors (Lipinski definition) is 0. The highest BCUT2D eigenvalue weighted by Gasteiger charge is 2.31. The zero-order valence-corrected chi connectivity index (χ0v) is 11.8. The molecule has 0 N–H and O–H groups in total. The quantitative estimate of drug-likeness (QED) is 0.595. The van der Waals surface area contributed by atoms with Crippen LogP contribution in [0.2, 0.25) is 0 Å². The van der Waals surface area contributed by atoms with Crippen LogP contribution in [0.1, 0.15) is 5.56 Å². The molecule has 0 saturated heterocycles. The summed E-state index contributed by atoms with van der Waals surface area (Å²) in [5.74, 6) is 0.153. The Hall–Kier alpha value is -2.15. The van der Waals surface area contributed by atoms with Gasteiger partial charge in [-0.3, -0.25) is 14.9 Å². The zero-order chi connectivity index (χ0) is 14.9. The Kier molecular flexibility index (Phi) is 3.89. The summed E-state index contributed by atoms with van der Waals surface area (Å²) in [6.45, 7) is 1.22. The van der Waals surface area contributed by atoms with Gasteiger partial charge in [-0.1, -0.05) is 0 Å². The summed E-state index contributed by atoms with van der Waals surface area (Å²) in [4.78, 5) is 26.1. The second-order valence-corrected chi connectivity index (χ2v) is 4.94. The van der Waals surface area contributed by atoms with E-state index in [4.69, 9.17) is 4.74 Å². The molecule has 0 spiro atoms. The van der Waals surface area contributed by atoms with E-state index in [2.05, 4.69) is 0 Å². The van der Waals surface area contributed by atoms with Gasteiger partial charge in [-0.2, -0.15) is 0 Å². The van der Waals surface area contributed by atoms with E-state index in [1.807, 2.05) is 19.0 Å². The Morgan fingerprint density at radius 1 is 1.45 bits per heavy atom. The molecule has 1 amide bonds. The molecule has 20 heavy (non-hydrogen) atoms. The SMILES string of the molecule is COc1cc2c(cc1[N+](=O)[O-])N(CCN(C)C)C(=O)C2. The highest BCUT2D eigenvalue weighted by Crippen LogP contribution is 2.38. The number of amides is 1. The third kappa shape index (κ3) is 2.57. The van der Waals surface area contributed by atoms with E-state index in [0.717, 1.165) is 5.56 Å². The molecule has 1 aliphatic rings. The molecule has 0 aliphatic carbocycles. The van der Waals surface area contributed by atoms with Crippen LogP contribution in [0.4, 0.5) is 11.4 Å². The van der Waals surface area contributed by atoms with Gasteiger partial charge in [0.2, 0.25) is 5.91 Å². The molecule has 0 saturated carbocycles. The number of ether oxygens (including phenoxy) is 1. The highest BCUT2D eigenvalue weighted by molar-refractivity contribution is 6.02. The van der Waals surface area contributed by atoms with Gasteiger partial charge in [0.15, 0.2) is 5.75 Å². The normalized spacial score (nSPS) is 13.8. The first-order chi connectivity index (χ1) is 9.43. The second kappa shape index (κ2) is 5.46. The number of carbonyl (C=O) groups is 1. The standard InChI is InChI=1S/C13H17N3O4/c1-14(2)4-5-15-10-8-11(16(18)19)12(20-3)6-9(10)7-13(15)17/h6,8H,4-5,7H2,1-3H3. The van der Waals surface area contributed by atoms with Crippen LogP contribution in [-0.4, -0.2) is 50.0 Å². The van der Waals surface area contributed by atoms with Crippen molar-refractivity contribution in [2.75, 3.05) is 39.2 Å². The maximum Gasteiger partial charge on any atom is 0.313 e. The minimum atomic E-state index is -0.494. The summed E-state index contributed by atoms with van der Waals surface area (Å²) in [6.07, 6.45) is 0.261. The molecular formula is C13H17N3O4. The van der Waals surface area contributed by atoms with Crippen molar-refractivity contribution in [3.8, 4) is 5.75 Å². The van der Waals surface area contributed by atoms with Gasteiger partial charge in [-0.05, 0) is 25.7 Å². The molecule has 0 atom stereocenters. The third-order valence-corrected chi connectivity index (χ3v) is 3.28. The largest absolute Gasteiger partial charge is 0.490 e. The van der Waals surface area contributed by atoms with Gasteiger partial charge < -0.3 is 14.5 Å². The molecule has 0 aromatic heterocycles. The lowest BCUT2D eigenvalue weighted by Gasteiger charge is -2.20. The number of nitro groups is 1. The number of carbonyl (C=O) groups excluding carboxylic acids is 1. The van der Waals surface area contributed by atoms with Gasteiger partial charge in [0.05, 0.1) is 24.1 Å². The molecule has 0 fully saturated rings. The van der Waals surface area contributed by atoms with Gasteiger partial charge in [-0.15, -0.1) is 0 Å². The van der Waals surface area contributed by atoms with Crippen LogP contribution in [0, 0.1) is 10.1 Å². The van der Waals surface area contributed by atoms with E-state index in [1.54, 1.807) is 11.0 Å². The van der Waals surface area contributed by atoms with E-state index in [9.17, 15) is 14.9 Å². The Morgan fingerprint density at radius 3 is 2.70 bits per heavy atom. The predicted octanol–water partition coefficient (Wildman–Crippen LogP) is 1.05. The van der Waals surface area contributed by atoms with Crippen LogP contribution in [0.3, 0.4) is 0 Å². The average Bonchev–Trinajstić information content (AvgIpc) is 2.69. The van der Waals surface area contributed by atoms with Crippen molar-refractivity contribution in [3.63, 3.8) is 0 Å². The number of anilines is 1. The van der Waals surface area contributed by atoms with Crippen LogP contribution in [-0.2, 0) is 11.2 Å². The molecular weight excluding hydrogens is 262 g/mol. The summed E-state index contributed by atoms with van der Waals surface area (Å²) >= 11 is 0. The third-order valence-electron chi connectivity index (χ3n) is 3.28. The molecule has 1 aliphatic heterocycles. The zero-order valence-electron chi connectivity index (χ0n) is 11.8. The van der Waals surface area contributed by atoms with Gasteiger partial charge in [0.25, 0.3) is 0 Å². The maximum absolute atomic E-state index is 12.0. The summed E-state index contributed by atoms with van der Waals surface area (Å²) < 4.78 is 5.02. The van der Waals surface area contributed by atoms with E-state index >= 15 is 0 Å². The monoisotopic (exact) mass is 279 g/mol. The fraction of sp³-hybridized carbons (Fsp3) is 0.462. The van der Waals surface area contributed by atoms with E-state index in [-0.39, 0.29) is 23.8 Å². The lowest BCUT2D eigenvalue weighted by molar-refractivity contribution is -0.385. The van der Waals surface area contributed by atoms with E-state index in [0.29, 0.717) is 18.8 Å². The number of methoxy groups -OCH3 is 1. The summed E-state index contributed by atoms with van der Waals surface area (Å²) in [7, 11) is 5.21. The van der Waals surface area contributed by atoms with Gasteiger partial charge >= 0.3 is 5.69 Å². The Labute approximate surface area is 116 Å². The molecule has 7 heteroatoms. The van der Waals surface area contributed by atoms with Gasteiger partial charge in [0.1, 0.15) is 0 Å². The Bertz CT molecular complexity index is 557. The first-order valence-corrected chi connectivity index (χ1v) is 6.24. The van der Waals surface area contributed by atoms with Crippen LogP contribution < -0.4 is 9.64 Å². The van der Waals surface area contributed by atoms with Crippen molar-refractivity contribution in [1.29, 1.82) is 0 Å². The van der Waals surface area contributed by atoms with E-state index in [1.165, 1.54) is 13.2 Å². The molecule has 0 bridgehead atoms. The fourth-order valence-electron chi connectivity index (χ4n) is 2.24.